The number of rotatable bonds is 9. The highest BCUT2D eigenvalue weighted by Crippen LogP contribution is 2.30. The number of hydrogen-bond donors (Lipinski definition) is 2. The topological polar surface area (TPSA) is 104 Å². The molecule has 0 spiro atoms. The highest BCUT2D eigenvalue weighted by atomic mass is 32.2. The molecule has 3 aromatic rings. The summed E-state index contributed by atoms with van der Waals surface area (Å²) in [5.74, 6) is -1.25. The molecule has 166 valence electrons. The first-order valence-electron chi connectivity index (χ1n) is 10.5. The third-order valence-corrected chi connectivity index (χ3v) is 7.19. The van der Waals surface area contributed by atoms with E-state index in [0.29, 0.717) is 19.5 Å². The van der Waals surface area contributed by atoms with Crippen molar-refractivity contribution in [2.75, 3.05) is 13.1 Å². The van der Waals surface area contributed by atoms with Crippen molar-refractivity contribution >= 4 is 32.7 Å². The maximum absolute atomic E-state index is 12.9. The average molecular weight is 453 g/mol. The number of nitrogens with zero attached hydrogens (tertiary/aromatic N) is 1. The van der Waals surface area contributed by atoms with Gasteiger partial charge in [-0.15, -0.1) is 0 Å². The first kappa shape index (κ1) is 22.0. The van der Waals surface area contributed by atoms with Crippen LogP contribution in [0.4, 0.5) is 0 Å². The van der Waals surface area contributed by atoms with E-state index in [0.717, 1.165) is 34.7 Å². The summed E-state index contributed by atoms with van der Waals surface area (Å²) in [4.78, 5) is 25.8. The molecule has 7 nitrogen and oxygen atoms in total. The quantitative estimate of drug-likeness (QED) is 0.483. The Balaban J connectivity index is 1.29. The molecule has 3 aromatic carbocycles. The van der Waals surface area contributed by atoms with Gasteiger partial charge in [0.25, 0.3) is 5.91 Å². The maximum atomic E-state index is 12.9. The number of carbonyl (C=O) groups excluding carboxylic acids is 1. The summed E-state index contributed by atoms with van der Waals surface area (Å²) in [5.41, 5.74) is 1.62. The first-order chi connectivity index (χ1) is 15.4. The van der Waals surface area contributed by atoms with Crippen LogP contribution >= 0.6 is 0 Å². The lowest BCUT2D eigenvalue weighted by Crippen LogP contribution is -2.34. The van der Waals surface area contributed by atoms with Crippen molar-refractivity contribution in [3.8, 4) is 0 Å². The summed E-state index contributed by atoms with van der Waals surface area (Å²) in [5, 5.41) is 11.3. The molecular weight excluding hydrogens is 428 g/mol. The summed E-state index contributed by atoms with van der Waals surface area (Å²) in [6.07, 6.45) is 2.07. The zero-order valence-electron chi connectivity index (χ0n) is 17.5. The monoisotopic (exact) mass is 452 g/mol. The second-order valence-corrected chi connectivity index (χ2v) is 9.54. The minimum absolute atomic E-state index is 0.0280. The molecule has 4 rings (SSSR count). The second kappa shape index (κ2) is 9.10. The van der Waals surface area contributed by atoms with Crippen molar-refractivity contribution in [1.82, 2.24) is 9.62 Å². The number of carbonyl (C=O) groups is 2. The Morgan fingerprint density at radius 3 is 2.50 bits per heavy atom. The minimum atomic E-state index is -3.90. The molecule has 0 saturated carbocycles. The lowest BCUT2D eigenvalue weighted by molar-refractivity contribution is 0.0691. The van der Waals surface area contributed by atoms with Gasteiger partial charge in [0.1, 0.15) is 0 Å². The zero-order chi connectivity index (χ0) is 22.7. The van der Waals surface area contributed by atoms with Gasteiger partial charge >= 0.3 is 5.97 Å². The molecule has 1 aliphatic heterocycles. The third-order valence-electron chi connectivity index (χ3n) is 5.67. The van der Waals surface area contributed by atoms with Crippen molar-refractivity contribution < 1.29 is 23.1 Å². The van der Waals surface area contributed by atoms with Gasteiger partial charge in [0.2, 0.25) is 10.0 Å². The van der Waals surface area contributed by atoms with Crippen molar-refractivity contribution in [2.45, 2.75) is 30.7 Å². The van der Waals surface area contributed by atoms with Crippen molar-refractivity contribution in [1.29, 1.82) is 0 Å². The predicted octanol–water partition coefficient (Wildman–Crippen LogP) is 3.64. The molecule has 32 heavy (non-hydrogen) atoms. The Kier molecular flexibility index (Phi) is 6.25. The molecule has 0 bridgehead atoms. The molecule has 2 N–H and O–H groups in total. The highest BCUT2D eigenvalue weighted by Gasteiger charge is 2.25. The molecule has 0 radical (unpaired) electrons. The molecule has 0 fully saturated rings. The smallest absolute Gasteiger partial charge is 0.337 e. The standard InChI is InChI=1S/C24H24N2O5S/c27-23-20-12-7-9-17-8-6-10-18(22(17)20)16-26(23)15-5-1-4-14-25-32(30,31)21-13-3-2-11-19(21)24(28)29/h2-3,6-13,25H,1,4-5,14-16H2,(H,28,29). The van der Waals surface area contributed by atoms with E-state index in [1.165, 1.54) is 24.3 Å². The number of aromatic carboxylic acids is 1. The largest absolute Gasteiger partial charge is 0.478 e. The van der Waals surface area contributed by atoms with Gasteiger partial charge in [0, 0.05) is 25.2 Å². The van der Waals surface area contributed by atoms with Crippen LogP contribution in [0.1, 0.15) is 45.5 Å². The Morgan fingerprint density at radius 2 is 1.72 bits per heavy atom. The summed E-state index contributed by atoms with van der Waals surface area (Å²) >= 11 is 0. The van der Waals surface area contributed by atoms with Crippen molar-refractivity contribution in [2.24, 2.45) is 0 Å². The Hall–Kier alpha value is -3.23. The van der Waals surface area contributed by atoms with Crippen LogP contribution in [0.5, 0.6) is 0 Å². The average Bonchev–Trinajstić information content (AvgIpc) is 2.79. The minimum Gasteiger partial charge on any atom is -0.478 e. The van der Waals surface area contributed by atoms with Gasteiger partial charge < -0.3 is 10.0 Å². The molecule has 0 unspecified atom stereocenters. The van der Waals surface area contributed by atoms with E-state index >= 15 is 0 Å². The number of sulfonamides is 1. The van der Waals surface area contributed by atoms with Crippen LogP contribution in [0.2, 0.25) is 0 Å². The Morgan fingerprint density at radius 1 is 0.969 bits per heavy atom. The first-order valence-corrected chi connectivity index (χ1v) is 12.0. The van der Waals surface area contributed by atoms with Crippen molar-refractivity contribution in [3.05, 3.63) is 77.4 Å². The van der Waals surface area contributed by atoms with Gasteiger partial charge in [0.15, 0.2) is 0 Å². The summed E-state index contributed by atoms with van der Waals surface area (Å²) < 4.78 is 27.4. The van der Waals surface area contributed by atoms with E-state index in [4.69, 9.17) is 0 Å². The number of unbranched alkanes of at least 4 members (excludes halogenated alkanes) is 2. The van der Waals surface area contributed by atoms with E-state index in [-0.39, 0.29) is 22.9 Å². The molecule has 0 atom stereocenters. The number of carboxylic acid groups (broad SMARTS) is 1. The number of benzene rings is 3. The second-order valence-electron chi connectivity index (χ2n) is 7.81. The third kappa shape index (κ3) is 4.37. The van der Waals surface area contributed by atoms with Gasteiger partial charge in [-0.1, -0.05) is 48.9 Å². The van der Waals surface area contributed by atoms with E-state index < -0.39 is 16.0 Å². The van der Waals surface area contributed by atoms with E-state index in [1.807, 2.05) is 35.2 Å². The van der Waals surface area contributed by atoms with Crippen LogP contribution in [0.25, 0.3) is 10.8 Å². The van der Waals surface area contributed by atoms with Crippen LogP contribution in [-0.4, -0.2) is 43.4 Å². The van der Waals surface area contributed by atoms with Gasteiger partial charge in [-0.3, -0.25) is 4.79 Å². The lowest BCUT2D eigenvalue weighted by Gasteiger charge is -2.29. The Bertz CT molecular complexity index is 1280. The fraction of sp³-hybridized carbons (Fsp3) is 0.250. The number of nitrogens with one attached hydrogen (secondary N) is 1. The van der Waals surface area contributed by atoms with E-state index in [1.54, 1.807) is 0 Å². The van der Waals surface area contributed by atoms with Gasteiger partial charge in [0.05, 0.1) is 10.5 Å². The SMILES string of the molecule is O=C(O)c1ccccc1S(=O)(=O)NCCCCCN1Cc2cccc3cccc(c23)C1=O. The molecule has 1 aliphatic rings. The maximum Gasteiger partial charge on any atom is 0.337 e. The normalized spacial score (nSPS) is 13.5. The van der Waals surface area contributed by atoms with Gasteiger partial charge in [-0.2, -0.15) is 0 Å². The van der Waals surface area contributed by atoms with Crippen LogP contribution in [-0.2, 0) is 16.6 Å². The molecule has 1 amide bonds. The number of hydrogen-bond acceptors (Lipinski definition) is 4. The van der Waals surface area contributed by atoms with E-state index in [9.17, 15) is 23.1 Å². The summed E-state index contributed by atoms with van der Waals surface area (Å²) in [7, 11) is -3.90. The fourth-order valence-corrected chi connectivity index (χ4v) is 5.39. The zero-order valence-corrected chi connectivity index (χ0v) is 18.3. The Labute approximate surface area is 186 Å². The van der Waals surface area contributed by atoms with Crippen LogP contribution in [0, 0.1) is 0 Å². The number of amides is 1. The predicted molar refractivity (Wildman–Crippen MR) is 121 cm³/mol. The molecular formula is C24H24N2O5S. The lowest BCUT2D eigenvalue weighted by atomic mass is 9.94. The molecule has 8 heteroatoms. The van der Waals surface area contributed by atoms with Gasteiger partial charge in [-0.25, -0.2) is 17.9 Å². The highest BCUT2D eigenvalue weighted by molar-refractivity contribution is 7.89. The fourth-order valence-electron chi connectivity index (χ4n) is 4.12. The van der Waals surface area contributed by atoms with E-state index in [2.05, 4.69) is 10.8 Å². The summed E-state index contributed by atoms with van der Waals surface area (Å²) in [6, 6.07) is 17.4. The molecule has 0 aliphatic carbocycles. The number of carboxylic acids is 1. The molecule has 0 saturated heterocycles. The van der Waals surface area contributed by atoms with Crippen molar-refractivity contribution in [3.63, 3.8) is 0 Å². The molecule has 0 aromatic heterocycles. The summed E-state index contributed by atoms with van der Waals surface area (Å²) in [6.45, 7) is 1.37. The van der Waals surface area contributed by atoms with Crippen LogP contribution < -0.4 is 4.72 Å². The van der Waals surface area contributed by atoms with Gasteiger partial charge in [-0.05, 0) is 47.4 Å². The van der Waals surface area contributed by atoms with Crippen LogP contribution in [0.3, 0.4) is 0 Å². The molecule has 1 heterocycles. The van der Waals surface area contributed by atoms with Crippen LogP contribution in [0.15, 0.2) is 65.6 Å².